The maximum absolute atomic E-state index is 12.6. The molecule has 1 fully saturated rings. The van der Waals surface area contributed by atoms with E-state index in [1.807, 2.05) is 0 Å². The Hall–Kier alpha value is -1.86. The molecule has 0 aromatic carbocycles. The van der Waals surface area contributed by atoms with Crippen LogP contribution in [0, 0.1) is 13.8 Å². The maximum Gasteiger partial charge on any atom is 0.340 e. The number of esters is 1. The fourth-order valence-electron chi connectivity index (χ4n) is 3.15. The second-order valence-corrected chi connectivity index (χ2v) is 6.94. The van der Waals surface area contributed by atoms with Crippen LogP contribution in [0.1, 0.15) is 52.9 Å². The molecule has 25 heavy (non-hydrogen) atoms. The molecule has 1 aliphatic rings. The number of hydrogen-bond acceptors (Lipinski definition) is 5. The number of morpholine rings is 1. The number of amides is 1. The number of aromatic amines is 1. The molecule has 2 heterocycles. The average Bonchev–Trinajstić information content (AvgIpc) is 2.88. The van der Waals surface area contributed by atoms with Crippen LogP contribution in [0.5, 0.6) is 0 Å². The number of hydrogen-bond donors (Lipinski definition) is 2. The number of nitrogens with one attached hydrogen (secondary N) is 2. The van der Waals surface area contributed by atoms with Crippen LogP contribution in [-0.2, 0) is 9.47 Å². The van der Waals surface area contributed by atoms with Crippen LogP contribution in [-0.4, -0.2) is 66.8 Å². The molecule has 0 aliphatic carbocycles. The van der Waals surface area contributed by atoms with E-state index < -0.39 is 5.97 Å². The summed E-state index contributed by atoms with van der Waals surface area (Å²) in [6.07, 6.45) is 0. The Morgan fingerprint density at radius 2 is 1.92 bits per heavy atom. The molecular weight excluding hydrogens is 322 g/mol. The van der Waals surface area contributed by atoms with Crippen LogP contribution < -0.4 is 5.32 Å². The number of aryl methyl sites for hydroxylation is 1. The van der Waals surface area contributed by atoms with Crippen molar-refractivity contribution >= 4 is 11.9 Å². The summed E-state index contributed by atoms with van der Waals surface area (Å²) in [4.78, 5) is 30.0. The van der Waals surface area contributed by atoms with Crippen molar-refractivity contribution < 1.29 is 19.1 Å². The minimum Gasteiger partial charge on any atom is -0.462 e. The fourth-order valence-corrected chi connectivity index (χ4v) is 3.15. The third-order valence-electron chi connectivity index (χ3n) is 4.69. The molecule has 140 valence electrons. The Morgan fingerprint density at radius 1 is 1.28 bits per heavy atom. The number of carbonyl (C=O) groups excluding carboxylic acids is 2. The molecule has 0 radical (unpaired) electrons. The summed E-state index contributed by atoms with van der Waals surface area (Å²) in [6, 6.07) is 0. The lowest BCUT2D eigenvalue weighted by atomic mass is 10.0. The van der Waals surface area contributed by atoms with Crippen LogP contribution in [0.2, 0.25) is 0 Å². The summed E-state index contributed by atoms with van der Waals surface area (Å²) in [7, 11) is 0. The highest BCUT2D eigenvalue weighted by Gasteiger charge is 2.29. The predicted molar refractivity (Wildman–Crippen MR) is 95.0 cm³/mol. The number of aromatic nitrogens is 1. The van der Waals surface area contributed by atoms with Gasteiger partial charge in [0.1, 0.15) is 5.69 Å². The van der Waals surface area contributed by atoms with Crippen molar-refractivity contribution in [2.24, 2.45) is 0 Å². The highest BCUT2D eigenvalue weighted by Crippen LogP contribution is 2.20. The first-order valence-electron chi connectivity index (χ1n) is 8.75. The Kier molecular flexibility index (Phi) is 6.24. The SMILES string of the molecule is CCOC(=O)c1c(C)[nH]c(C(=O)NCC(C)(C)N2CCOCC2)c1C. The molecular formula is C18H29N3O4. The van der Waals surface area contributed by atoms with Gasteiger partial charge in [-0.15, -0.1) is 0 Å². The van der Waals surface area contributed by atoms with Gasteiger partial charge in [-0.3, -0.25) is 9.69 Å². The van der Waals surface area contributed by atoms with Gasteiger partial charge in [-0.2, -0.15) is 0 Å². The number of ether oxygens (including phenoxy) is 2. The third-order valence-corrected chi connectivity index (χ3v) is 4.69. The largest absolute Gasteiger partial charge is 0.462 e. The van der Waals surface area contributed by atoms with Crippen molar-refractivity contribution in [2.45, 2.75) is 40.2 Å². The maximum atomic E-state index is 12.6. The second-order valence-electron chi connectivity index (χ2n) is 6.94. The van der Waals surface area contributed by atoms with Gasteiger partial charge in [0, 0.05) is 30.9 Å². The Labute approximate surface area is 149 Å². The van der Waals surface area contributed by atoms with E-state index in [1.54, 1.807) is 20.8 Å². The molecule has 2 rings (SSSR count). The van der Waals surface area contributed by atoms with E-state index in [-0.39, 0.29) is 11.4 Å². The summed E-state index contributed by atoms with van der Waals surface area (Å²) >= 11 is 0. The van der Waals surface area contributed by atoms with Crippen LogP contribution in [0.25, 0.3) is 0 Å². The predicted octanol–water partition coefficient (Wildman–Crippen LogP) is 1.65. The molecule has 1 saturated heterocycles. The third kappa shape index (κ3) is 4.41. The first-order valence-corrected chi connectivity index (χ1v) is 8.75. The molecule has 1 aromatic rings. The monoisotopic (exact) mass is 351 g/mol. The number of rotatable bonds is 6. The molecule has 0 atom stereocenters. The van der Waals surface area contributed by atoms with Crippen LogP contribution in [0.15, 0.2) is 0 Å². The van der Waals surface area contributed by atoms with Gasteiger partial charge < -0.3 is 19.8 Å². The molecule has 7 nitrogen and oxygen atoms in total. The van der Waals surface area contributed by atoms with E-state index >= 15 is 0 Å². The molecule has 0 spiro atoms. The molecule has 1 aromatic heterocycles. The molecule has 2 N–H and O–H groups in total. The van der Waals surface area contributed by atoms with Gasteiger partial charge >= 0.3 is 5.97 Å². The highest BCUT2D eigenvalue weighted by atomic mass is 16.5. The highest BCUT2D eigenvalue weighted by molar-refractivity contribution is 6.00. The van der Waals surface area contributed by atoms with Gasteiger partial charge in [0.15, 0.2) is 0 Å². The zero-order chi connectivity index (χ0) is 18.6. The van der Waals surface area contributed by atoms with Crippen LogP contribution >= 0.6 is 0 Å². The fraction of sp³-hybridized carbons (Fsp3) is 0.667. The molecule has 0 saturated carbocycles. The van der Waals surface area contributed by atoms with E-state index in [0.29, 0.717) is 35.7 Å². The second kappa shape index (κ2) is 8.01. The van der Waals surface area contributed by atoms with E-state index in [4.69, 9.17) is 9.47 Å². The van der Waals surface area contributed by atoms with Crippen molar-refractivity contribution in [1.82, 2.24) is 15.2 Å². The van der Waals surface area contributed by atoms with Gasteiger partial charge in [-0.1, -0.05) is 0 Å². The van der Waals surface area contributed by atoms with Crippen LogP contribution in [0.4, 0.5) is 0 Å². The lowest BCUT2D eigenvalue weighted by Gasteiger charge is -2.40. The molecule has 1 aliphatic heterocycles. The Balaban J connectivity index is 2.06. The van der Waals surface area contributed by atoms with Crippen molar-refractivity contribution in [2.75, 3.05) is 39.5 Å². The molecule has 0 unspecified atom stereocenters. The zero-order valence-electron chi connectivity index (χ0n) is 15.8. The lowest BCUT2D eigenvalue weighted by molar-refractivity contribution is -0.00924. The minimum absolute atomic E-state index is 0.168. The van der Waals surface area contributed by atoms with E-state index in [9.17, 15) is 9.59 Å². The van der Waals surface area contributed by atoms with E-state index in [2.05, 4.69) is 29.0 Å². The first-order chi connectivity index (χ1) is 11.8. The number of carbonyl (C=O) groups is 2. The van der Waals surface area contributed by atoms with Gasteiger partial charge in [-0.05, 0) is 40.2 Å². The Bertz CT molecular complexity index is 631. The van der Waals surface area contributed by atoms with Gasteiger partial charge in [0.05, 0.1) is 25.4 Å². The molecule has 0 bridgehead atoms. The van der Waals surface area contributed by atoms with Crippen molar-refractivity contribution in [3.05, 3.63) is 22.5 Å². The summed E-state index contributed by atoms with van der Waals surface area (Å²) in [5, 5.41) is 2.98. The first kappa shape index (κ1) is 19.5. The van der Waals surface area contributed by atoms with E-state index in [0.717, 1.165) is 26.3 Å². The molecule has 7 heteroatoms. The van der Waals surface area contributed by atoms with Gasteiger partial charge in [-0.25, -0.2) is 4.79 Å². The summed E-state index contributed by atoms with van der Waals surface area (Å²) in [6.45, 7) is 13.5. The topological polar surface area (TPSA) is 83.7 Å². The van der Waals surface area contributed by atoms with Crippen molar-refractivity contribution in [3.63, 3.8) is 0 Å². The summed E-state index contributed by atoms with van der Waals surface area (Å²) in [5.41, 5.74) is 1.96. The summed E-state index contributed by atoms with van der Waals surface area (Å²) in [5.74, 6) is -0.612. The normalized spacial score (nSPS) is 15.9. The van der Waals surface area contributed by atoms with Gasteiger partial charge in [0.25, 0.3) is 5.91 Å². The molecule has 1 amide bonds. The smallest absolute Gasteiger partial charge is 0.340 e. The van der Waals surface area contributed by atoms with Crippen molar-refractivity contribution in [1.29, 1.82) is 0 Å². The number of nitrogens with zero attached hydrogens (tertiary/aromatic N) is 1. The number of H-pyrrole nitrogens is 1. The Morgan fingerprint density at radius 3 is 2.52 bits per heavy atom. The standard InChI is InChI=1S/C18H29N3O4/c1-6-25-17(23)14-12(2)15(20-13(14)3)16(22)19-11-18(4,5)21-7-9-24-10-8-21/h20H,6-11H2,1-5H3,(H,19,22). The van der Waals surface area contributed by atoms with Crippen LogP contribution in [0.3, 0.4) is 0 Å². The van der Waals surface area contributed by atoms with Gasteiger partial charge in [0.2, 0.25) is 0 Å². The zero-order valence-corrected chi connectivity index (χ0v) is 15.8. The lowest BCUT2D eigenvalue weighted by Crippen LogP contribution is -2.55. The average molecular weight is 351 g/mol. The minimum atomic E-state index is -0.401. The quantitative estimate of drug-likeness (QED) is 0.762. The summed E-state index contributed by atoms with van der Waals surface area (Å²) < 4.78 is 10.5. The van der Waals surface area contributed by atoms with E-state index in [1.165, 1.54) is 0 Å². The van der Waals surface area contributed by atoms with Crippen molar-refractivity contribution in [3.8, 4) is 0 Å².